The molecular weight excluding hydrogens is 177 g/mol. The summed E-state index contributed by atoms with van der Waals surface area (Å²) in [6.07, 6.45) is 0. The normalized spacial score (nSPS) is 9.00. The van der Waals surface area contributed by atoms with Gasteiger partial charge >= 0.3 is 61.2 Å². The van der Waals surface area contributed by atoms with Crippen molar-refractivity contribution in [2.45, 2.75) is 0 Å². The fraction of sp³-hybridized carbons (Fsp3) is 0. The van der Waals surface area contributed by atoms with E-state index < -0.39 is 0 Å². The summed E-state index contributed by atoms with van der Waals surface area (Å²) in [7, 11) is 0. The second-order valence-electron chi connectivity index (χ2n) is 1.65. The molecule has 2 nitrogen and oxygen atoms in total. The van der Waals surface area contributed by atoms with Crippen molar-refractivity contribution in [3.05, 3.63) is 29.2 Å². The van der Waals surface area contributed by atoms with E-state index in [1.165, 1.54) is 16.9 Å². The number of nitrogens with zero attached hydrogens (tertiary/aromatic N) is 1. The van der Waals surface area contributed by atoms with Crippen LogP contribution in [0.3, 0.4) is 0 Å². The SMILES string of the molecule is O=Nc1ccccc1[AsH2]. The summed E-state index contributed by atoms with van der Waals surface area (Å²) in [5.41, 5.74) is 0.553. The average Bonchev–Trinajstić information content (AvgIpc) is 1.89. The number of hydrogen-bond donors (Lipinski definition) is 0. The second-order valence-corrected chi connectivity index (χ2v) is 2.96. The summed E-state index contributed by atoms with van der Waals surface area (Å²) in [4.78, 5) is 9.99. The van der Waals surface area contributed by atoms with Crippen molar-refractivity contribution in [2.24, 2.45) is 5.18 Å². The number of benzene rings is 1. The zero-order chi connectivity index (χ0) is 6.69. The Balaban J connectivity index is 3.15. The molecule has 0 saturated heterocycles. The summed E-state index contributed by atoms with van der Waals surface area (Å²) in [5, 5.41) is 2.84. The Kier molecular flexibility index (Phi) is 2.01. The third-order valence-electron chi connectivity index (χ3n) is 1.04. The molecule has 0 saturated carbocycles. The van der Waals surface area contributed by atoms with Crippen molar-refractivity contribution in [3.63, 3.8) is 0 Å². The summed E-state index contributed by atoms with van der Waals surface area (Å²) in [6.45, 7) is 0. The Hall–Kier alpha value is -0.622. The van der Waals surface area contributed by atoms with E-state index in [4.69, 9.17) is 0 Å². The molecule has 0 aromatic heterocycles. The zero-order valence-electron chi connectivity index (χ0n) is 4.74. The van der Waals surface area contributed by atoms with Crippen LogP contribution in [-0.4, -0.2) is 16.9 Å². The van der Waals surface area contributed by atoms with E-state index in [9.17, 15) is 4.91 Å². The third-order valence-corrected chi connectivity index (χ3v) is 2.06. The fourth-order valence-corrected chi connectivity index (χ4v) is 1.12. The number of rotatable bonds is 1. The summed E-state index contributed by atoms with van der Waals surface area (Å²) in [6, 6.07) is 7.30. The van der Waals surface area contributed by atoms with Gasteiger partial charge in [-0.25, -0.2) is 0 Å². The quantitative estimate of drug-likeness (QED) is 0.456. The molecule has 0 aliphatic rings. The van der Waals surface area contributed by atoms with Gasteiger partial charge in [-0.05, 0) is 0 Å². The summed E-state index contributed by atoms with van der Waals surface area (Å²) >= 11 is 1.42. The van der Waals surface area contributed by atoms with Gasteiger partial charge in [-0.15, -0.1) is 0 Å². The molecule has 1 unspecified atom stereocenters. The minimum atomic E-state index is 0.553. The second kappa shape index (κ2) is 2.79. The van der Waals surface area contributed by atoms with Crippen molar-refractivity contribution in [1.82, 2.24) is 0 Å². The molecule has 1 aromatic carbocycles. The van der Waals surface area contributed by atoms with Crippen LogP contribution in [-0.2, 0) is 0 Å². The Morgan fingerprint density at radius 3 is 2.44 bits per heavy atom. The van der Waals surface area contributed by atoms with Crippen LogP contribution in [0, 0.1) is 4.91 Å². The van der Waals surface area contributed by atoms with Gasteiger partial charge in [-0.3, -0.25) is 0 Å². The first-order chi connectivity index (χ1) is 4.34. The molecule has 1 atom stereocenters. The first-order valence-corrected chi connectivity index (χ1v) is 3.73. The van der Waals surface area contributed by atoms with Gasteiger partial charge in [-0.2, -0.15) is 0 Å². The monoisotopic (exact) mass is 183 g/mol. The van der Waals surface area contributed by atoms with Crippen molar-refractivity contribution < 1.29 is 0 Å². The molecule has 0 bridgehead atoms. The predicted molar refractivity (Wildman–Crippen MR) is 40.1 cm³/mol. The van der Waals surface area contributed by atoms with Crippen LogP contribution in [0.5, 0.6) is 0 Å². The molecule has 46 valence electrons. The topological polar surface area (TPSA) is 29.4 Å². The van der Waals surface area contributed by atoms with E-state index >= 15 is 0 Å². The zero-order valence-corrected chi connectivity index (χ0v) is 7.16. The molecule has 1 rings (SSSR count). The van der Waals surface area contributed by atoms with Crippen LogP contribution in [0.1, 0.15) is 0 Å². The van der Waals surface area contributed by atoms with Gasteiger partial charge in [0.25, 0.3) is 0 Å². The van der Waals surface area contributed by atoms with Crippen LogP contribution in [0.4, 0.5) is 5.69 Å². The Labute approximate surface area is 61.7 Å². The van der Waals surface area contributed by atoms with Gasteiger partial charge in [0.05, 0.1) is 0 Å². The van der Waals surface area contributed by atoms with Gasteiger partial charge < -0.3 is 0 Å². The summed E-state index contributed by atoms with van der Waals surface area (Å²) in [5.74, 6) is 0. The van der Waals surface area contributed by atoms with E-state index in [0.29, 0.717) is 5.69 Å². The van der Waals surface area contributed by atoms with Gasteiger partial charge in [0.2, 0.25) is 0 Å². The van der Waals surface area contributed by atoms with E-state index in [2.05, 4.69) is 5.18 Å². The van der Waals surface area contributed by atoms with Crippen molar-refractivity contribution in [3.8, 4) is 0 Å². The van der Waals surface area contributed by atoms with Crippen LogP contribution in [0.25, 0.3) is 0 Å². The van der Waals surface area contributed by atoms with Gasteiger partial charge in [0, 0.05) is 0 Å². The van der Waals surface area contributed by atoms with Gasteiger partial charge in [0.15, 0.2) is 0 Å². The van der Waals surface area contributed by atoms with Crippen molar-refractivity contribution in [1.29, 1.82) is 0 Å². The Morgan fingerprint density at radius 1 is 1.33 bits per heavy atom. The Morgan fingerprint density at radius 2 is 2.00 bits per heavy atom. The predicted octanol–water partition coefficient (Wildman–Crippen LogP) is 0.343. The van der Waals surface area contributed by atoms with Gasteiger partial charge in [0.1, 0.15) is 0 Å². The molecule has 0 N–H and O–H groups in total. The maximum absolute atomic E-state index is 9.99. The first kappa shape index (κ1) is 6.50. The average molecular weight is 183 g/mol. The first-order valence-electron chi connectivity index (χ1n) is 2.52. The van der Waals surface area contributed by atoms with Crippen molar-refractivity contribution >= 4 is 26.9 Å². The number of nitroso groups, excluding NO2 is 1. The molecule has 0 aliphatic heterocycles. The maximum atomic E-state index is 9.99. The molecule has 0 heterocycles. The molecular formula is C6H6AsNO. The summed E-state index contributed by atoms with van der Waals surface area (Å²) < 4.78 is 0.986. The molecule has 0 radical (unpaired) electrons. The van der Waals surface area contributed by atoms with Crippen LogP contribution >= 0.6 is 0 Å². The molecule has 1 aromatic rings. The van der Waals surface area contributed by atoms with Gasteiger partial charge in [-0.1, -0.05) is 0 Å². The van der Waals surface area contributed by atoms with Crippen LogP contribution in [0.2, 0.25) is 0 Å². The van der Waals surface area contributed by atoms with Crippen LogP contribution in [0.15, 0.2) is 29.4 Å². The minimum absolute atomic E-state index is 0.553. The molecule has 0 aliphatic carbocycles. The number of hydrogen-bond acceptors (Lipinski definition) is 2. The molecule has 0 spiro atoms. The van der Waals surface area contributed by atoms with E-state index in [0.717, 1.165) is 4.35 Å². The van der Waals surface area contributed by atoms with E-state index in [1.54, 1.807) is 12.1 Å². The van der Waals surface area contributed by atoms with Crippen molar-refractivity contribution in [2.75, 3.05) is 0 Å². The fourth-order valence-electron chi connectivity index (χ4n) is 0.571. The van der Waals surface area contributed by atoms with E-state index in [-0.39, 0.29) is 0 Å². The Bertz CT molecular complexity index is 224. The standard InChI is InChI=1S/C6H6AsNO/c7-5-3-1-2-4-6(5)8-9/h1-4H,7H2. The molecule has 9 heavy (non-hydrogen) atoms. The third kappa shape index (κ3) is 1.39. The molecule has 0 amide bonds. The molecule has 3 heteroatoms. The van der Waals surface area contributed by atoms with Crippen LogP contribution < -0.4 is 4.35 Å². The van der Waals surface area contributed by atoms with E-state index in [1.807, 2.05) is 12.1 Å². The molecule has 0 fully saturated rings.